The zero-order chi connectivity index (χ0) is 20.7. The number of nitrogens with zero attached hydrogens (tertiary/aromatic N) is 3. The van der Waals surface area contributed by atoms with Gasteiger partial charge in [-0.2, -0.15) is 0 Å². The van der Waals surface area contributed by atoms with Gasteiger partial charge in [0.05, 0.1) is 23.2 Å². The second kappa shape index (κ2) is 7.91. The van der Waals surface area contributed by atoms with E-state index in [0.717, 1.165) is 44.2 Å². The Hall–Kier alpha value is -2.61. The molecule has 2 amide bonds. The fourth-order valence-corrected chi connectivity index (χ4v) is 4.54. The molecule has 0 bridgehead atoms. The van der Waals surface area contributed by atoms with Gasteiger partial charge >= 0.3 is 0 Å². The Kier molecular flexibility index (Phi) is 5.10. The summed E-state index contributed by atoms with van der Waals surface area (Å²) in [4.78, 5) is 31.3. The van der Waals surface area contributed by atoms with Gasteiger partial charge in [0.15, 0.2) is 11.5 Å². The lowest BCUT2D eigenvalue weighted by molar-refractivity contribution is -0.123. The molecule has 1 unspecified atom stereocenters. The van der Waals surface area contributed by atoms with Crippen molar-refractivity contribution < 1.29 is 19.1 Å². The Bertz CT molecular complexity index is 990. The number of imide groups is 1. The summed E-state index contributed by atoms with van der Waals surface area (Å²) in [6.45, 7) is 4.23. The van der Waals surface area contributed by atoms with Crippen molar-refractivity contribution in [3.63, 3.8) is 0 Å². The second-order valence-corrected chi connectivity index (χ2v) is 8.15. The third kappa shape index (κ3) is 3.53. The standard InChI is InChI=1S/C22H22ClN3O4/c23-16-3-1-2-4-17(16)26-21(27)12-18(22(26)28)25-9-7-24(8-10-25)13-15-5-6-19-20(11-15)30-14-29-19/h1-6,11,18H,7-10,12-14H2. The lowest BCUT2D eigenvalue weighted by Gasteiger charge is -2.37. The topological polar surface area (TPSA) is 62.3 Å². The van der Waals surface area contributed by atoms with Crippen LogP contribution in [0.2, 0.25) is 5.02 Å². The number of carbonyl (C=O) groups excluding carboxylic acids is 2. The molecule has 8 heteroatoms. The minimum atomic E-state index is -0.415. The number of anilines is 1. The lowest BCUT2D eigenvalue weighted by Crippen LogP contribution is -2.52. The molecule has 3 aliphatic rings. The van der Waals surface area contributed by atoms with E-state index in [-0.39, 0.29) is 25.0 Å². The number of amides is 2. The molecular weight excluding hydrogens is 406 g/mol. The summed E-state index contributed by atoms with van der Waals surface area (Å²) in [6, 6.07) is 12.6. The van der Waals surface area contributed by atoms with Crippen LogP contribution in [-0.4, -0.2) is 60.6 Å². The van der Waals surface area contributed by atoms with Crippen LogP contribution in [0.1, 0.15) is 12.0 Å². The van der Waals surface area contributed by atoms with Crippen molar-refractivity contribution in [2.45, 2.75) is 19.0 Å². The molecule has 7 nitrogen and oxygen atoms in total. The minimum Gasteiger partial charge on any atom is -0.454 e. The van der Waals surface area contributed by atoms with Crippen LogP contribution in [0.25, 0.3) is 0 Å². The molecule has 5 rings (SSSR count). The van der Waals surface area contributed by atoms with E-state index in [0.29, 0.717) is 10.7 Å². The first-order valence-corrected chi connectivity index (χ1v) is 10.4. The smallest absolute Gasteiger partial charge is 0.251 e. The third-order valence-corrected chi connectivity index (χ3v) is 6.23. The molecule has 0 aliphatic carbocycles. The van der Waals surface area contributed by atoms with Gasteiger partial charge in [0.25, 0.3) is 5.91 Å². The summed E-state index contributed by atoms with van der Waals surface area (Å²) < 4.78 is 10.8. The van der Waals surface area contributed by atoms with Crippen LogP contribution in [0.4, 0.5) is 5.69 Å². The van der Waals surface area contributed by atoms with Crippen molar-refractivity contribution in [2.75, 3.05) is 37.9 Å². The second-order valence-electron chi connectivity index (χ2n) is 7.74. The number of hydrogen-bond donors (Lipinski definition) is 0. The largest absolute Gasteiger partial charge is 0.454 e. The summed E-state index contributed by atoms with van der Waals surface area (Å²) in [7, 11) is 0. The van der Waals surface area contributed by atoms with Crippen LogP contribution in [0.3, 0.4) is 0 Å². The number of hydrogen-bond acceptors (Lipinski definition) is 6. The molecule has 0 aromatic heterocycles. The molecular formula is C22H22ClN3O4. The average molecular weight is 428 g/mol. The predicted molar refractivity (Wildman–Crippen MR) is 112 cm³/mol. The van der Waals surface area contributed by atoms with Gasteiger partial charge in [-0.1, -0.05) is 29.8 Å². The number of ether oxygens (including phenoxy) is 2. The van der Waals surface area contributed by atoms with Gasteiger partial charge in [-0.25, -0.2) is 4.90 Å². The quantitative estimate of drug-likeness (QED) is 0.699. The summed E-state index contributed by atoms with van der Waals surface area (Å²) in [5, 5.41) is 0.411. The zero-order valence-corrected chi connectivity index (χ0v) is 17.2. The summed E-state index contributed by atoms with van der Waals surface area (Å²) in [6.07, 6.45) is 0.201. The van der Waals surface area contributed by atoms with E-state index in [9.17, 15) is 9.59 Å². The van der Waals surface area contributed by atoms with Gasteiger partial charge in [0.1, 0.15) is 0 Å². The first-order chi connectivity index (χ1) is 14.6. The normalized spacial score (nSPS) is 22.2. The number of piperazine rings is 1. The number of fused-ring (bicyclic) bond motifs is 1. The minimum absolute atomic E-state index is 0.183. The van der Waals surface area contributed by atoms with Crippen molar-refractivity contribution in [1.82, 2.24) is 9.80 Å². The molecule has 0 N–H and O–H groups in total. The van der Waals surface area contributed by atoms with Gasteiger partial charge in [0.2, 0.25) is 12.7 Å². The number of carbonyl (C=O) groups is 2. The first kappa shape index (κ1) is 19.4. The molecule has 0 saturated carbocycles. The van der Waals surface area contributed by atoms with E-state index in [4.69, 9.17) is 21.1 Å². The lowest BCUT2D eigenvalue weighted by atomic mass is 10.1. The molecule has 0 spiro atoms. The maximum absolute atomic E-state index is 13.0. The first-order valence-electron chi connectivity index (χ1n) is 10.1. The van der Waals surface area contributed by atoms with E-state index < -0.39 is 6.04 Å². The van der Waals surface area contributed by atoms with Gasteiger partial charge in [-0.3, -0.25) is 19.4 Å². The number of rotatable bonds is 4. The van der Waals surface area contributed by atoms with Crippen molar-refractivity contribution in [3.8, 4) is 11.5 Å². The van der Waals surface area contributed by atoms with Crippen LogP contribution >= 0.6 is 11.6 Å². The number of para-hydroxylation sites is 1. The highest BCUT2D eigenvalue weighted by molar-refractivity contribution is 6.36. The van der Waals surface area contributed by atoms with E-state index in [1.165, 1.54) is 10.5 Å². The summed E-state index contributed by atoms with van der Waals surface area (Å²) in [5.74, 6) is 1.20. The van der Waals surface area contributed by atoms with Crippen LogP contribution < -0.4 is 14.4 Å². The Morgan fingerprint density at radius 2 is 1.73 bits per heavy atom. The summed E-state index contributed by atoms with van der Waals surface area (Å²) >= 11 is 6.22. The van der Waals surface area contributed by atoms with Crippen molar-refractivity contribution in [2.24, 2.45) is 0 Å². The number of benzene rings is 2. The average Bonchev–Trinajstić information content (AvgIpc) is 3.33. The maximum Gasteiger partial charge on any atom is 0.251 e. The zero-order valence-electron chi connectivity index (χ0n) is 16.4. The van der Waals surface area contributed by atoms with E-state index >= 15 is 0 Å². The fourth-order valence-electron chi connectivity index (χ4n) is 4.32. The monoisotopic (exact) mass is 427 g/mol. The Balaban J connectivity index is 1.21. The Morgan fingerprint density at radius 1 is 0.967 bits per heavy atom. The van der Waals surface area contributed by atoms with Crippen molar-refractivity contribution >= 4 is 29.1 Å². The molecule has 30 heavy (non-hydrogen) atoms. The maximum atomic E-state index is 13.0. The molecule has 3 heterocycles. The van der Waals surface area contributed by atoms with Gasteiger partial charge in [-0.05, 0) is 29.8 Å². The molecule has 156 valence electrons. The molecule has 2 fully saturated rings. The van der Waals surface area contributed by atoms with Gasteiger partial charge in [0, 0.05) is 32.7 Å². The highest BCUT2D eigenvalue weighted by Crippen LogP contribution is 2.34. The van der Waals surface area contributed by atoms with E-state index in [1.807, 2.05) is 12.1 Å². The van der Waals surface area contributed by atoms with Crippen molar-refractivity contribution in [3.05, 3.63) is 53.1 Å². The third-order valence-electron chi connectivity index (χ3n) is 5.91. The highest BCUT2D eigenvalue weighted by Gasteiger charge is 2.43. The SMILES string of the molecule is O=C1CC(N2CCN(Cc3ccc4c(c3)OCO4)CC2)C(=O)N1c1ccccc1Cl. The molecule has 2 saturated heterocycles. The van der Waals surface area contributed by atoms with E-state index in [1.54, 1.807) is 24.3 Å². The highest BCUT2D eigenvalue weighted by atomic mass is 35.5. The van der Waals surface area contributed by atoms with Crippen LogP contribution in [-0.2, 0) is 16.1 Å². The fraction of sp³-hybridized carbons (Fsp3) is 0.364. The molecule has 2 aromatic carbocycles. The Labute approximate surface area is 179 Å². The predicted octanol–water partition coefficient (Wildman–Crippen LogP) is 2.52. The van der Waals surface area contributed by atoms with Crippen LogP contribution in [0.15, 0.2) is 42.5 Å². The summed E-state index contributed by atoms with van der Waals surface area (Å²) in [5.41, 5.74) is 1.64. The molecule has 1 atom stereocenters. The molecule has 0 radical (unpaired) electrons. The van der Waals surface area contributed by atoms with Crippen LogP contribution in [0.5, 0.6) is 11.5 Å². The van der Waals surface area contributed by atoms with Crippen molar-refractivity contribution in [1.29, 1.82) is 0 Å². The number of halogens is 1. The van der Waals surface area contributed by atoms with Gasteiger partial charge in [-0.15, -0.1) is 0 Å². The van der Waals surface area contributed by atoms with Gasteiger partial charge < -0.3 is 9.47 Å². The van der Waals surface area contributed by atoms with Crippen LogP contribution in [0, 0.1) is 0 Å². The van der Waals surface area contributed by atoms with E-state index in [2.05, 4.69) is 15.9 Å². The Morgan fingerprint density at radius 3 is 2.53 bits per heavy atom. The molecule has 2 aromatic rings. The molecule has 3 aliphatic heterocycles.